The molecule has 526 valence electrons. The fourth-order valence-corrected chi connectivity index (χ4v) is 12.5. The summed E-state index contributed by atoms with van der Waals surface area (Å²) >= 11 is 0. The summed E-state index contributed by atoms with van der Waals surface area (Å²) in [6, 6.07) is 0. The molecule has 0 aromatic carbocycles. The number of rotatable bonds is 20. The van der Waals surface area contributed by atoms with Gasteiger partial charge in [0, 0.05) is 6.54 Å². The van der Waals surface area contributed by atoms with Gasteiger partial charge in [-0.15, -0.1) is 0 Å². The van der Waals surface area contributed by atoms with Gasteiger partial charge in [-0.2, -0.15) is 0 Å². The number of hydrogen-bond acceptors (Lipinski definition) is 36. The number of nitrogens with two attached hydrogens (primary N) is 1. The van der Waals surface area contributed by atoms with Crippen LogP contribution in [0.4, 0.5) is 0 Å². The van der Waals surface area contributed by atoms with Crippen molar-refractivity contribution in [1.82, 2.24) is 5.32 Å². The van der Waals surface area contributed by atoms with Crippen LogP contribution in [0.15, 0.2) is 0 Å². The topological polar surface area (TPSA) is 572 Å². The molecule has 21 rings (SSSR count). The molecular formula is C54H96N2O34. The molecule has 0 radical (unpaired) electrons. The second kappa shape index (κ2) is 34.7. The number of aliphatic hydroxyl groups is 20. The molecule has 21 aliphatic heterocycles. The summed E-state index contributed by atoms with van der Waals surface area (Å²) in [7, 11) is 0. The maximum absolute atomic E-state index is 11.9. The van der Waals surface area contributed by atoms with Crippen molar-refractivity contribution in [1.29, 1.82) is 0 Å². The Labute approximate surface area is 516 Å². The van der Waals surface area contributed by atoms with Gasteiger partial charge in [-0.05, 0) is 25.9 Å². The molecule has 23 N–H and O–H groups in total. The van der Waals surface area contributed by atoms with Crippen molar-refractivity contribution in [3.05, 3.63) is 0 Å². The van der Waals surface area contributed by atoms with Crippen LogP contribution in [0.2, 0.25) is 0 Å². The van der Waals surface area contributed by atoms with Crippen molar-refractivity contribution in [2.45, 2.75) is 279 Å². The van der Waals surface area contributed by atoms with Gasteiger partial charge in [0.1, 0.15) is 171 Å². The van der Waals surface area contributed by atoms with Crippen molar-refractivity contribution in [2.24, 2.45) is 5.73 Å². The lowest BCUT2D eigenvalue weighted by atomic mass is 9.95. The summed E-state index contributed by atoms with van der Waals surface area (Å²) in [4.78, 5) is 0. The number of ether oxygens (including phenoxy) is 14. The molecule has 36 heteroatoms. The Hall–Kier alpha value is -1.44. The number of hydrogen-bond donors (Lipinski definition) is 22. The van der Waals surface area contributed by atoms with Crippen molar-refractivity contribution in [3.63, 3.8) is 0 Å². The van der Waals surface area contributed by atoms with Crippen molar-refractivity contribution < 1.29 is 168 Å². The van der Waals surface area contributed by atoms with Crippen LogP contribution in [0.25, 0.3) is 0 Å². The van der Waals surface area contributed by atoms with Gasteiger partial charge < -0.3 is 179 Å². The highest BCUT2D eigenvalue weighted by molar-refractivity contribution is 5.02. The largest absolute Gasteiger partial charge is 0.394 e. The van der Waals surface area contributed by atoms with Crippen LogP contribution in [0.3, 0.4) is 0 Å². The summed E-state index contributed by atoms with van der Waals surface area (Å²) in [6.45, 7) is -5.28. The first-order chi connectivity index (χ1) is 43.2. The smallest absolute Gasteiger partial charge is 0.187 e. The molecule has 21 saturated heterocycles. The van der Waals surface area contributed by atoms with E-state index >= 15 is 0 Å². The Morgan fingerprint density at radius 3 is 0.600 bits per heavy atom. The zero-order valence-corrected chi connectivity index (χ0v) is 49.4. The molecule has 14 bridgehead atoms. The predicted molar refractivity (Wildman–Crippen MR) is 289 cm³/mol. The van der Waals surface area contributed by atoms with E-state index in [2.05, 4.69) is 5.32 Å². The summed E-state index contributed by atoms with van der Waals surface area (Å²) in [6.07, 6.45) is -58.9. The van der Waals surface area contributed by atoms with Crippen molar-refractivity contribution in [3.8, 4) is 0 Å². The zero-order chi connectivity index (χ0) is 65.2. The average molecular weight is 1320 g/mol. The number of unbranched alkanes of at least 4 members (excludes halogenated alkanes) is 9. The number of aliphatic hydroxyl groups excluding tert-OH is 20. The summed E-state index contributed by atoms with van der Waals surface area (Å²) in [5.41, 5.74) is 5.59. The molecule has 35 atom stereocenters. The van der Waals surface area contributed by atoms with E-state index in [0.29, 0.717) is 19.5 Å². The summed E-state index contributed by atoms with van der Waals surface area (Å²) in [5, 5.41) is 227. The van der Waals surface area contributed by atoms with Gasteiger partial charge in [0.25, 0.3) is 0 Å². The Morgan fingerprint density at radius 1 is 0.222 bits per heavy atom. The third kappa shape index (κ3) is 16.9. The first-order valence-electron chi connectivity index (χ1n) is 30.9. The zero-order valence-electron chi connectivity index (χ0n) is 49.4. The Balaban J connectivity index is 1.05. The van der Waals surface area contributed by atoms with E-state index in [-0.39, 0.29) is 6.54 Å². The van der Waals surface area contributed by atoms with Gasteiger partial charge in [-0.25, -0.2) is 0 Å². The molecule has 0 aromatic heterocycles. The van der Waals surface area contributed by atoms with E-state index in [1.807, 2.05) is 0 Å². The summed E-state index contributed by atoms with van der Waals surface area (Å²) in [5.74, 6) is 0. The molecule has 0 amide bonds. The molecule has 0 saturated carbocycles. The van der Waals surface area contributed by atoms with E-state index in [1.165, 1.54) is 0 Å². The summed E-state index contributed by atoms with van der Waals surface area (Å²) < 4.78 is 81.8. The molecule has 0 aromatic rings. The van der Waals surface area contributed by atoms with Crippen LogP contribution in [-0.4, -0.2) is 376 Å². The molecule has 21 fully saturated rings. The third-order valence-electron chi connectivity index (χ3n) is 17.8. The quantitative estimate of drug-likeness (QED) is 0.0503. The van der Waals surface area contributed by atoms with Gasteiger partial charge in [-0.3, -0.25) is 0 Å². The standard InChI is InChI=1S/C54H96N2O34/c55-11-9-7-5-3-1-2-4-6-8-10-12-56-13-20-41-27(63)34(70)48(77-20)85-42-21(14-57)79-50(36(72)29(42)65)87-44-23(16-59)81-52(38(74)31(44)67)89-46-25(18-61)83-54(40(76)33(46)69)90-47-26(19-62)82-53(39(75)32(47)68)88-45-24(17-60)80-51(37(73)30(45)66)86-43-22(15-58)78-49(84-41)35(71)28(43)64/h20-54,56-76H,1-19,55H2/t20-,21-,22-,23-,24-,25-,26-,27-,28-,29-,30-,31-,32-,33-,34-,35-,36-,37-,38-,39-,40-,41-,42-,43-,44-,45-,46-,47-,48-,49-,50-,51-,52-,53-,54-/m1/s1. The molecular weight excluding hydrogens is 1220 g/mol. The Kier molecular flexibility index (Phi) is 28.6. The van der Waals surface area contributed by atoms with Crippen LogP contribution >= 0.6 is 0 Å². The Bertz CT molecular complexity index is 2060. The van der Waals surface area contributed by atoms with E-state index in [9.17, 15) is 102 Å². The maximum Gasteiger partial charge on any atom is 0.187 e. The maximum atomic E-state index is 11.9. The molecule has 21 aliphatic rings. The van der Waals surface area contributed by atoms with Crippen molar-refractivity contribution >= 4 is 0 Å². The second-order valence-corrected chi connectivity index (χ2v) is 24.0. The third-order valence-corrected chi connectivity index (χ3v) is 17.8. The van der Waals surface area contributed by atoms with Crippen LogP contribution in [0, 0.1) is 0 Å². The average Bonchev–Trinajstić information content (AvgIpc) is 0.919. The lowest BCUT2D eigenvalue weighted by molar-refractivity contribution is -0.396. The van der Waals surface area contributed by atoms with Gasteiger partial charge >= 0.3 is 0 Å². The highest BCUT2D eigenvalue weighted by atomic mass is 16.8. The van der Waals surface area contributed by atoms with Gasteiger partial charge in [0.2, 0.25) is 0 Å². The highest BCUT2D eigenvalue weighted by Gasteiger charge is 2.59. The van der Waals surface area contributed by atoms with Crippen LogP contribution in [-0.2, 0) is 66.3 Å². The van der Waals surface area contributed by atoms with E-state index < -0.39 is 255 Å². The first-order valence-corrected chi connectivity index (χ1v) is 30.9. The van der Waals surface area contributed by atoms with E-state index in [1.54, 1.807) is 0 Å². The highest BCUT2D eigenvalue weighted by Crippen LogP contribution is 2.39. The van der Waals surface area contributed by atoms with Gasteiger partial charge in [0.05, 0.1) is 39.6 Å². The molecule has 21 heterocycles. The fraction of sp³-hybridized carbons (Fsp3) is 1.00. The van der Waals surface area contributed by atoms with Crippen LogP contribution in [0.1, 0.15) is 64.2 Å². The normalized spacial score (nSPS) is 49.1. The minimum absolute atomic E-state index is 0.183. The SMILES string of the molecule is NCCCCCCCCCCCCNC[C@H]1O[C@@H]2O[C@H]3[C@H](O)[C@@H](O)[C@@H](O[C@H]4[C@H](O)[C@@H](O)[C@@H](O[C@H]5[C@H](O)[C@@H](O)[C@@H](O[C@H]6[C@H](O)[C@@H](O)[C@@H](O[C@H]7[C@H](O)[C@@H](O)[C@@H](O[C@H]8[C@H](O)[C@@H](O)[C@@H](O[C@H]1[C@H](O)[C@H]2O)O[C@@H]8CO)O[C@@H]7CO)O[C@@H]6CO)O[C@@H]5CO)O[C@@H]4CO)O[C@@H]3CO. The predicted octanol–water partition coefficient (Wildman–Crippen LogP) is -11.8. The van der Waals surface area contributed by atoms with Crippen LogP contribution in [0.5, 0.6) is 0 Å². The fourth-order valence-electron chi connectivity index (χ4n) is 12.5. The molecule has 0 unspecified atom stereocenters. The molecule has 0 aliphatic carbocycles. The Morgan fingerprint density at radius 2 is 0.400 bits per heavy atom. The van der Waals surface area contributed by atoms with Gasteiger partial charge in [0.15, 0.2) is 44.0 Å². The van der Waals surface area contributed by atoms with E-state index in [4.69, 9.17) is 72.0 Å². The minimum Gasteiger partial charge on any atom is -0.394 e. The van der Waals surface area contributed by atoms with E-state index in [0.717, 1.165) is 57.8 Å². The lowest BCUT2D eigenvalue weighted by Crippen LogP contribution is -2.68. The lowest BCUT2D eigenvalue weighted by Gasteiger charge is -2.50. The number of nitrogens with one attached hydrogen (secondary N) is 1. The second-order valence-electron chi connectivity index (χ2n) is 24.0. The minimum atomic E-state index is -2.20. The molecule has 90 heavy (non-hydrogen) atoms. The first kappa shape index (κ1) is 74.4. The van der Waals surface area contributed by atoms with Crippen molar-refractivity contribution in [2.75, 3.05) is 59.3 Å². The molecule has 36 nitrogen and oxygen atoms in total. The van der Waals surface area contributed by atoms with Crippen LogP contribution < -0.4 is 11.1 Å². The monoisotopic (exact) mass is 1320 g/mol. The van der Waals surface area contributed by atoms with Gasteiger partial charge in [-0.1, -0.05) is 51.4 Å². The molecule has 0 spiro atoms.